The maximum absolute atomic E-state index is 12.2. The van der Waals surface area contributed by atoms with E-state index in [1.165, 1.54) is 29.1 Å². The smallest absolute Gasteiger partial charge is 0.250 e. The van der Waals surface area contributed by atoms with Gasteiger partial charge in [-0.25, -0.2) is 13.1 Å². The van der Waals surface area contributed by atoms with Crippen LogP contribution >= 0.6 is 22.7 Å². The summed E-state index contributed by atoms with van der Waals surface area (Å²) in [7, 11) is -3.37. The molecule has 21 heavy (non-hydrogen) atoms. The predicted octanol–water partition coefficient (Wildman–Crippen LogP) is 2.58. The number of thiophene rings is 2. The summed E-state index contributed by atoms with van der Waals surface area (Å²) in [6.45, 7) is 1.20. The van der Waals surface area contributed by atoms with Crippen molar-refractivity contribution in [3.05, 3.63) is 39.4 Å². The molecular formula is C14H18N2O2S3. The first-order valence-electron chi connectivity index (χ1n) is 6.96. The number of sulfonamides is 1. The van der Waals surface area contributed by atoms with Crippen molar-refractivity contribution in [1.29, 1.82) is 0 Å². The van der Waals surface area contributed by atoms with Crippen molar-refractivity contribution < 1.29 is 8.42 Å². The average Bonchev–Trinajstić information content (AvgIpc) is 2.93. The molecule has 7 heteroatoms. The molecule has 2 heterocycles. The molecule has 0 atom stereocenters. The molecule has 0 spiro atoms. The number of rotatable bonds is 8. The van der Waals surface area contributed by atoms with E-state index >= 15 is 0 Å². The van der Waals surface area contributed by atoms with Crippen LogP contribution in [-0.2, 0) is 23.0 Å². The Bertz CT molecular complexity index is 673. The zero-order chi connectivity index (χ0) is 14.7. The predicted molar refractivity (Wildman–Crippen MR) is 87.4 cm³/mol. The zero-order valence-electron chi connectivity index (χ0n) is 11.5. The monoisotopic (exact) mass is 342 g/mol. The minimum atomic E-state index is -3.37. The first-order valence-corrected chi connectivity index (χ1v) is 10.2. The molecule has 0 amide bonds. The molecule has 1 saturated carbocycles. The fraction of sp³-hybridized carbons (Fsp3) is 0.429. The van der Waals surface area contributed by atoms with E-state index < -0.39 is 10.0 Å². The van der Waals surface area contributed by atoms with Gasteiger partial charge >= 0.3 is 0 Å². The minimum absolute atomic E-state index is 0.404. The SMILES string of the molecule is O=S(=O)(NCCc1cccs1)c1cc(CNC2CC2)cs1. The molecule has 0 unspecified atom stereocenters. The van der Waals surface area contributed by atoms with Gasteiger partial charge in [0.25, 0.3) is 0 Å². The summed E-state index contributed by atoms with van der Waals surface area (Å²) in [5, 5.41) is 7.31. The lowest BCUT2D eigenvalue weighted by Crippen LogP contribution is -2.25. The number of hydrogen-bond acceptors (Lipinski definition) is 5. The van der Waals surface area contributed by atoms with Crippen LogP contribution in [0.5, 0.6) is 0 Å². The van der Waals surface area contributed by atoms with Crippen LogP contribution in [-0.4, -0.2) is 21.0 Å². The molecule has 2 N–H and O–H groups in total. The van der Waals surface area contributed by atoms with Crippen LogP contribution in [0.2, 0.25) is 0 Å². The summed E-state index contributed by atoms with van der Waals surface area (Å²) in [5.74, 6) is 0. The van der Waals surface area contributed by atoms with E-state index in [1.807, 2.05) is 22.9 Å². The average molecular weight is 343 g/mol. The Kier molecular flexibility index (Phi) is 4.75. The maximum Gasteiger partial charge on any atom is 0.250 e. The van der Waals surface area contributed by atoms with Gasteiger partial charge in [-0.2, -0.15) is 0 Å². The highest BCUT2D eigenvalue weighted by Crippen LogP contribution is 2.23. The normalized spacial score (nSPS) is 15.4. The summed E-state index contributed by atoms with van der Waals surface area (Å²) in [5.41, 5.74) is 1.05. The van der Waals surface area contributed by atoms with Gasteiger partial charge in [0.05, 0.1) is 0 Å². The molecule has 1 aliphatic carbocycles. The topological polar surface area (TPSA) is 58.2 Å². The second-order valence-electron chi connectivity index (χ2n) is 5.16. The van der Waals surface area contributed by atoms with Gasteiger partial charge < -0.3 is 5.32 Å². The van der Waals surface area contributed by atoms with Gasteiger partial charge in [-0.3, -0.25) is 0 Å². The lowest BCUT2D eigenvalue weighted by molar-refractivity contribution is 0.584. The molecule has 1 fully saturated rings. The summed E-state index contributed by atoms with van der Waals surface area (Å²) in [6, 6.07) is 6.40. The van der Waals surface area contributed by atoms with E-state index in [9.17, 15) is 8.42 Å². The fourth-order valence-electron chi connectivity index (χ4n) is 1.97. The number of hydrogen-bond donors (Lipinski definition) is 2. The van der Waals surface area contributed by atoms with E-state index in [4.69, 9.17) is 0 Å². The van der Waals surface area contributed by atoms with Crippen LogP contribution in [0.1, 0.15) is 23.3 Å². The van der Waals surface area contributed by atoms with E-state index in [-0.39, 0.29) is 0 Å². The van der Waals surface area contributed by atoms with Crippen molar-refractivity contribution >= 4 is 32.7 Å². The molecule has 0 aromatic carbocycles. The van der Waals surface area contributed by atoms with E-state index in [0.717, 1.165) is 18.5 Å². The molecule has 0 bridgehead atoms. The van der Waals surface area contributed by atoms with Gasteiger partial charge in [0.15, 0.2) is 0 Å². The van der Waals surface area contributed by atoms with Gasteiger partial charge in [0, 0.05) is 24.0 Å². The third kappa shape index (κ3) is 4.37. The molecule has 114 valence electrons. The first kappa shape index (κ1) is 15.2. The van der Waals surface area contributed by atoms with E-state index in [2.05, 4.69) is 10.0 Å². The van der Waals surface area contributed by atoms with Crippen molar-refractivity contribution in [2.24, 2.45) is 0 Å². The van der Waals surface area contributed by atoms with Crippen molar-refractivity contribution in [3.8, 4) is 0 Å². The molecular weight excluding hydrogens is 324 g/mol. The Morgan fingerprint density at radius 2 is 2.14 bits per heavy atom. The summed E-state index contributed by atoms with van der Waals surface area (Å²) >= 11 is 2.94. The molecule has 0 aliphatic heterocycles. The lowest BCUT2D eigenvalue weighted by Gasteiger charge is -2.03. The van der Waals surface area contributed by atoms with Crippen molar-refractivity contribution in [2.75, 3.05) is 6.54 Å². The van der Waals surface area contributed by atoms with Gasteiger partial charge in [-0.1, -0.05) is 6.07 Å². The third-order valence-electron chi connectivity index (χ3n) is 3.31. The zero-order valence-corrected chi connectivity index (χ0v) is 14.0. The van der Waals surface area contributed by atoms with E-state index in [0.29, 0.717) is 16.8 Å². The molecule has 3 rings (SSSR count). The maximum atomic E-state index is 12.2. The van der Waals surface area contributed by atoms with Crippen molar-refractivity contribution in [1.82, 2.24) is 10.0 Å². The summed E-state index contributed by atoms with van der Waals surface area (Å²) < 4.78 is 27.5. The standard InChI is InChI=1S/C14H18N2O2S3/c17-21(18,16-6-5-13-2-1-7-19-13)14-8-11(10-20-14)9-15-12-3-4-12/h1-2,7-8,10,12,15-16H,3-6,9H2. The van der Waals surface area contributed by atoms with Gasteiger partial charge in [0.2, 0.25) is 10.0 Å². The highest BCUT2D eigenvalue weighted by Gasteiger charge is 2.21. The Hall–Kier alpha value is -0.730. The van der Waals surface area contributed by atoms with Crippen LogP contribution in [0.3, 0.4) is 0 Å². The molecule has 4 nitrogen and oxygen atoms in total. The Morgan fingerprint density at radius 1 is 1.29 bits per heavy atom. The van der Waals surface area contributed by atoms with Crippen LogP contribution in [0.25, 0.3) is 0 Å². The van der Waals surface area contributed by atoms with Crippen LogP contribution in [0.15, 0.2) is 33.2 Å². The van der Waals surface area contributed by atoms with Crippen LogP contribution in [0, 0.1) is 0 Å². The third-order valence-corrected chi connectivity index (χ3v) is 7.20. The second-order valence-corrected chi connectivity index (χ2v) is 9.09. The van der Waals surface area contributed by atoms with Crippen molar-refractivity contribution in [2.45, 2.75) is 36.1 Å². The largest absolute Gasteiger partial charge is 0.310 e. The molecule has 2 aromatic rings. The Morgan fingerprint density at radius 3 is 2.86 bits per heavy atom. The van der Waals surface area contributed by atoms with Gasteiger partial charge in [-0.05, 0) is 47.7 Å². The highest BCUT2D eigenvalue weighted by atomic mass is 32.2. The van der Waals surface area contributed by atoms with Crippen molar-refractivity contribution in [3.63, 3.8) is 0 Å². The molecule has 0 saturated heterocycles. The van der Waals surface area contributed by atoms with Crippen LogP contribution < -0.4 is 10.0 Å². The molecule has 1 aliphatic rings. The quantitative estimate of drug-likeness (QED) is 0.775. The lowest BCUT2D eigenvalue weighted by atomic mass is 10.3. The van der Waals surface area contributed by atoms with Gasteiger partial charge in [0.1, 0.15) is 4.21 Å². The first-order chi connectivity index (χ1) is 10.1. The summed E-state index contributed by atoms with van der Waals surface area (Å²) in [6.07, 6.45) is 3.21. The molecule has 0 radical (unpaired) electrons. The highest BCUT2D eigenvalue weighted by molar-refractivity contribution is 7.91. The Balaban J connectivity index is 1.53. The second kappa shape index (κ2) is 6.58. The minimum Gasteiger partial charge on any atom is -0.310 e. The number of nitrogens with one attached hydrogen (secondary N) is 2. The van der Waals surface area contributed by atoms with Gasteiger partial charge in [-0.15, -0.1) is 22.7 Å². The van der Waals surface area contributed by atoms with Crippen LogP contribution in [0.4, 0.5) is 0 Å². The van der Waals surface area contributed by atoms with E-state index in [1.54, 1.807) is 17.4 Å². The summed E-state index contributed by atoms with van der Waals surface area (Å²) in [4.78, 5) is 1.19. The molecule has 2 aromatic heterocycles. The Labute approximate surface area is 133 Å². The fourth-order valence-corrected chi connectivity index (χ4v) is 4.97.